The van der Waals surface area contributed by atoms with Gasteiger partial charge in [-0.2, -0.15) is 0 Å². The Morgan fingerprint density at radius 1 is 1.32 bits per heavy atom. The number of rotatable bonds is 8. The maximum Gasteiger partial charge on any atom is 0.0587 e. The third kappa shape index (κ3) is 5.70. The van der Waals surface area contributed by atoms with Crippen LogP contribution in [0.1, 0.15) is 25.8 Å². The average Bonchev–Trinajstić information content (AvgIpc) is 2.39. The lowest BCUT2D eigenvalue weighted by molar-refractivity contribution is 0.191. The molecule has 0 aliphatic heterocycles. The molecule has 0 spiro atoms. The second-order valence-corrected chi connectivity index (χ2v) is 6.09. The zero-order valence-electron chi connectivity index (χ0n) is 11.9. The van der Waals surface area contributed by atoms with Crippen molar-refractivity contribution < 1.29 is 4.74 Å². The molecule has 1 atom stereocenters. The van der Waals surface area contributed by atoms with Crippen molar-refractivity contribution in [2.24, 2.45) is 5.41 Å². The largest absolute Gasteiger partial charge is 0.383 e. The Bertz CT molecular complexity index is 398. The lowest BCUT2D eigenvalue weighted by Gasteiger charge is -2.29. The minimum Gasteiger partial charge on any atom is -0.383 e. The molecule has 0 amide bonds. The van der Waals surface area contributed by atoms with Gasteiger partial charge in [-0.3, -0.25) is 0 Å². The monoisotopic (exact) mass is 303 g/mol. The summed E-state index contributed by atoms with van der Waals surface area (Å²) in [6.45, 7) is 7.02. The highest BCUT2D eigenvalue weighted by atomic mass is 35.5. The van der Waals surface area contributed by atoms with Crippen molar-refractivity contribution in [1.29, 1.82) is 0 Å². The zero-order valence-corrected chi connectivity index (χ0v) is 13.4. The van der Waals surface area contributed by atoms with Gasteiger partial charge in [-0.1, -0.05) is 37.0 Å². The molecule has 108 valence electrons. The van der Waals surface area contributed by atoms with E-state index in [4.69, 9.17) is 27.9 Å². The number of hydrogen-bond donors (Lipinski definition) is 1. The topological polar surface area (TPSA) is 21.3 Å². The molecular weight excluding hydrogens is 281 g/mol. The quantitative estimate of drug-likeness (QED) is 0.727. The van der Waals surface area contributed by atoms with Gasteiger partial charge in [0, 0.05) is 30.2 Å². The van der Waals surface area contributed by atoms with Crippen molar-refractivity contribution >= 4 is 23.2 Å². The molecule has 0 fully saturated rings. The summed E-state index contributed by atoms with van der Waals surface area (Å²) in [6.07, 6.45) is 2.00. The lowest BCUT2D eigenvalue weighted by atomic mass is 9.81. The smallest absolute Gasteiger partial charge is 0.0587 e. The molecule has 0 aromatic heterocycles. The minimum atomic E-state index is 0.169. The third-order valence-electron chi connectivity index (χ3n) is 3.51. The van der Waals surface area contributed by atoms with Crippen molar-refractivity contribution in [3.8, 4) is 0 Å². The van der Waals surface area contributed by atoms with Crippen molar-refractivity contribution in [1.82, 2.24) is 5.32 Å². The van der Waals surface area contributed by atoms with E-state index in [2.05, 4.69) is 19.2 Å². The van der Waals surface area contributed by atoms with Crippen LogP contribution in [0.15, 0.2) is 18.2 Å². The molecular formula is C15H23Cl2NO. The number of hydrogen-bond acceptors (Lipinski definition) is 2. The Hall–Kier alpha value is -0.280. The van der Waals surface area contributed by atoms with Gasteiger partial charge in [0.05, 0.1) is 6.61 Å². The maximum atomic E-state index is 6.24. The van der Waals surface area contributed by atoms with E-state index in [1.807, 2.05) is 18.2 Å². The first-order valence-corrected chi connectivity index (χ1v) is 7.40. The van der Waals surface area contributed by atoms with Gasteiger partial charge < -0.3 is 10.1 Å². The first-order valence-electron chi connectivity index (χ1n) is 6.64. The van der Waals surface area contributed by atoms with Gasteiger partial charge in [0.15, 0.2) is 0 Å². The number of methoxy groups -OCH3 is 1. The Morgan fingerprint density at radius 2 is 2.05 bits per heavy atom. The predicted octanol–water partition coefficient (Wildman–Crippen LogP) is 4.19. The van der Waals surface area contributed by atoms with Crippen LogP contribution in [-0.4, -0.2) is 26.8 Å². The zero-order chi connectivity index (χ0) is 14.3. The highest BCUT2D eigenvalue weighted by molar-refractivity contribution is 6.33. The Morgan fingerprint density at radius 3 is 2.68 bits per heavy atom. The summed E-state index contributed by atoms with van der Waals surface area (Å²) >= 11 is 12.3. The Kier molecular flexibility index (Phi) is 7.16. The van der Waals surface area contributed by atoms with Crippen molar-refractivity contribution in [2.45, 2.75) is 26.7 Å². The first kappa shape index (κ1) is 16.8. The van der Waals surface area contributed by atoms with Gasteiger partial charge in [0.2, 0.25) is 0 Å². The fraction of sp³-hybridized carbons (Fsp3) is 0.600. The molecule has 0 saturated heterocycles. The van der Waals surface area contributed by atoms with E-state index in [-0.39, 0.29) is 5.41 Å². The van der Waals surface area contributed by atoms with Crippen LogP contribution in [-0.2, 0) is 11.2 Å². The molecule has 1 N–H and O–H groups in total. The highest BCUT2D eigenvalue weighted by Gasteiger charge is 2.23. The van der Waals surface area contributed by atoms with Gasteiger partial charge in [0.1, 0.15) is 0 Å². The first-order chi connectivity index (χ1) is 9.00. The van der Waals surface area contributed by atoms with E-state index >= 15 is 0 Å². The second kappa shape index (κ2) is 8.11. The van der Waals surface area contributed by atoms with E-state index in [0.29, 0.717) is 0 Å². The minimum absolute atomic E-state index is 0.169. The summed E-state index contributed by atoms with van der Waals surface area (Å²) in [5, 5.41) is 4.96. The summed E-state index contributed by atoms with van der Waals surface area (Å²) in [4.78, 5) is 0. The molecule has 1 rings (SSSR count). The summed E-state index contributed by atoms with van der Waals surface area (Å²) in [5.41, 5.74) is 1.29. The molecule has 0 aliphatic rings. The number of ether oxygens (including phenoxy) is 1. The third-order valence-corrected chi connectivity index (χ3v) is 4.12. The van der Waals surface area contributed by atoms with Gasteiger partial charge in [-0.25, -0.2) is 0 Å². The standard InChI is InChI=1S/C15H23Cl2NO/c1-4-15(2,11-18-7-8-19-3)10-12-9-13(16)5-6-14(12)17/h5-6,9,18H,4,7-8,10-11H2,1-3H3. The van der Waals surface area contributed by atoms with E-state index < -0.39 is 0 Å². The number of benzene rings is 1. The van der Waals surface area contributed by atoms with E-state index in [1.54, 1.807) is 7.11 Å². The molecule has 0 radical (unpaired) electrons. The van der Waals surface area contributed by atoms with Crippen molar-refractivity contribution in [3.63, 3.8) is 0 Å². The summed E-state index contributed by atoms with van der Waals surface area (Å²) in [7, 11) is 1.71. The highest BCUT2D eigenvalue weighted by Crippen LogP contribution is 2.30. The second-order valence-electron chi connectivity index (χ2n) is 5.25. The molecule has 2 nitrogen and oxygen atoms in total. The van der Waals surface area contributed by atoms with Crippen molar-refractivity contribution in [3.05, 3.63) is 33.8 Å². The molecule has 1 aromatic rings. The van der Waals surface area contributed by atoms with Gasteiger partial charge in [0.25, 0.3) is 0 Å². The lowest BCUT2D eigenvalue weighted by Crippen LogP contribution is -2.35. The molecule has 0 bridgehead atoms. The van der Waals surface area contributed by atoms with Gasteiger partial charge in [-0.15, -0.1) is 0 Å². The van der Waals surface area contributed by atoms with Crippen LogP contribution in [0, 0.1) is 5.41 Å². The fourth-order valence-electron chi connectivity index (χ4n) is 2.02. The van der Waals surface area contributed by atoms with Crippen LogP contribution in [0.5, 0.6) is 0 Å². The Labute approximate surface area is 126 Å². The van der Waals surface area contributed by atoms with E-state index in [1.165, 1.54) is 0 Å². The summed E-state index contributed by atoms with van der Waals surface area (Å²) in [6, 6.07) is 5.66. The Balaban J connectivity index is 2.66. The van der Waals surface area contributed by atoms with E-state index in [0.717, 1.165) is 48.1 Å². The van der Waals surface area contributed by atoms with Crippen LogP contribution < -0.4 is 5.32 Å². The van der Waals surface area contributed by atoms with Crippen molar-refractivity contribution in [2.75, 3.05) is 26.8 Å². The van der Waals surface area contributed by atoms with Crippen LogP contribution in [0.4, 0.5) is 0 Å². The molecule has 4 heteroatoms. The molecule has 0 aliphatic carbocycles. The number of halogens is 2. The van der Waals surface area contributed by atoms with Crippen LogP contribution in [0.25, 0.3) is 0 Å². The number of nitrogens with one attached hydrogen (secondary N) is 1. The van der Waals surface area contributed by atoms with Gasteiger partial charge >= 0.3 is 0 Å². The molecule has 0 heterocycles. The summed E-state index contributed by atoms with van der Waals surface area (Å²) in [5.74, 6) is 0. The van der Waals surface area contributed by atoms with Crippen LogP contribution >= 0.6 is 23.2 Å². The van der Waals surface area contributed by atoms with Crippen LogP contribution in [0.2, 0.25) is 10.0 Å². The summed E-state index contributed by atoms with van der Waals surface area (Å²) < 4.78 is 5.04. The van der Waals surface area contributed by atoms with Gasteiger partial charge in [-0.05, 0) is 42.0 Å². The fourth-order valence-corrected chi connectivity index (χ4v) is 2.39. The van der Waals surface area contributed by atoms with Crippen LogP contribution in [0.3, 0.4) is 0 Å². The predicted molar refractivity (Wildman–Crippen MR) is 83.3 cm³/mol. The maximum absolute atomic E-state index is 6.24. The molecule has 1 unspecified atom stereocenters. The molecule has 0 saturated carbocycles. The van der Waals surface area contributed by atoms with E-state index in [9.17, 15) is 0 Å². The normalized spacial score (nSPS) is 14.4. The molecule has 1 aromatic carbocycles. The SMILES string of the molecule is CCC(C)(CNCCOC)Cc1cc(Cl)ccc1Cl. The molecule has 19 heavy (non-hydrogen) atoms. The average molecular weight is 304 g/mol.